The maximum absolute atomic E-state index is 12.7. The highest BCUT2D eigenvalue weighted by Gasteiger charge is 2.16. The molecule has 0 unspecified atom stereocenters. The first-order chi connectivity index (χ1) is 15.0. The van der Waals surface area contributed by atoms with E-state index in [1.165, 1.54) is 5.56 Å². The molecule has 0 spiro atoms. The van der Waals surface area contributed by atoms with Crippen molar-refractivity contribution in [3.8, 4) is 16.9 Å². The third-order valence-electron chi connectivity index (χ3n) is 4.82. The van der Waals surface area contributed by atoms with Gasteiger partial charge >= 0.3 is 0 Å². The van der Waals surface area contributed by atoms with Crippen LogP contribution in [0.25, 0.3) is 16.9 Å². The number of aromatic nitrogens is 2. The molecule has 0 saturated carbocycles. The molecule has 1 aromatic heterocycles. The number of rotatable bonds is 5. The average Bonchev–Trinajstić information content (AvgIpc) is 3.22. The van der Waals surface area contributed by atoms with E-state index in [2.05, 4.69) is 15.6 Å². The summed E-state index contributed by atoms with van der Waals surface area (Å²) in [6, 6.07) is 25.1. The van der Waals surface area contributed by atoms with Gasteiger partial charge in [-0.25, -0.2) is 10.1 Å². The Balaban J connectivity index is 1.63. The third kappa shape index (κ3) is 4.90. The van der Waals surface area contributed by atoms with E-state index < -0.39 is 0 Å². The lowest BCUT2D eigenvalue weighted by molar-refractivity contribution is 0.0949. The lowest BCUT2D eigenvalue weighted by atomic mass is 10.1. The zero-order valence-electron chi connectivity index (χ0n) is 17.2. The molecule has 0 aliphatic heterocycles. The summed E-state index contributed by atoms with van der Waals surface area (Å²) in [4.78, 5) is 12.7. The Bertz CT molecular complexity index is 1160. The molecule has 1 N–H and O–H groups in total. The number of hydrogen-bond acceptors (Lipinski definition) is 3. The number of halogens is 1. The molecule has 0 aliphatic rings. The first kappa shape index (κ1) is 20.6. The van der Waals surface area contributed by atoms with Gasteiger partial charge < -0.3 is 0 Å². The first-order valence-corrected chi connectivity index (χ1v) is 10.2. The monoisotopic (exact) mass is 428 g/mol. The van der Waals surface area contributed by atoms with Crippen molar-refractivity contribution in [1.82, 2.24) is 15.2 Å². The summed E-state index contributed by atoms with van der Waals surface area (Å²) in [5.74, 6) is -0.385. The fourth-order valence-electron chi connectivity index (χ4n) is 3.08. The summed E-state index contributed by atoms with van der Waals surface area (Å²) in [5.41, 5.74) is 8.66. The van der Waals surface area contributed by atoms with Crippen LogP contribution in [-0.4, -0.2) is 21.9 Å². The number of benzene rings is 3. The molecule has 1 amide bonds. The highest BCUT2D eigenvalue weighted by molar-refractivity contribution is 6.30. The standard InChI is InChI=1S/C25H21ClN4O/c1-17-3-9-20(10-4-17)24-15-23(29-30(24)22-13-5-18(2)6-14-22)25(31)28-27-16-19-7-11-21(26)12-8-19/h3-16H,1-2H3,(H,28,31)/b27-16-. The molecule has 0 saturated heterocycles. The molecule has 0 radical (unpaired) electrons. The predicted molar refractivity (Wildman–Crippen MR) is 125 cm³/mol. The fraction of sp³-hybridized carbons (Fsp3) is 0.0800. The van der Waals surface area contributed by atoms with Gasteiger partial charge in [0.15, 0.2) is 5.69 Å². The van der Waals surface area contributed by atoms with Crippen LogP contribution >= 0.6 is 11.6 Å². The summed E-state index contributed by atoms with van der Waals surface area (Å²) in [7, 11) is 0. The maximum atomic E-state index is 12.7. The number of nitrogens with zero attached hydrogens (tertiary/aromatic N) is 3. The molecule has 6 heteroatoms. The molecule has 1 heterocycles. The second-order valence-corrected chi connectivity index (χ2v) is 7.72. The Labute approximate surface area is 186 Å². The van der Waals surface area contributed by atoms with Gasteiger partial charge in [-0.1, -0.05) is 71.3 Å². The Kier molecular flexibility index (Phi) is 5.96. The molecule has 5 nitrogen and oxygen atoms in total. The number of nitrogens with one attached hydrogen (secondary N) is 1. The smallest absolute Gasteiger partial charge is 0.265 e. The van der Waals surface area contributed by atoms with Crippen LogP contribution < -0.4 is 5.43 Å². The number of amides is 1. The molecule has 3 aromatic carbocycles. The Morgan fingerprint density at radius 1 is 0.935 bits per heavy atom. The van der Waals surface area contributed by atoms with Crippen molar-refractivity contribution >= 4 is 23.7 Å². The van der Waals surface area contributed by atoms with E-state index in [-0.39, 0.29) is 11.6 Å². The maximum Gasteiger partial charge on any atom is 0.291 e. The SMILES string of the molecule is Cc1ccc(-c2cc(C(=O)N/N=C\c3ccc(Cl)cc3)nn2-c2ccc(C)cc2)cc1. The number of hydrogen-bond donors (Lipinski definition) is 1. The van der Waals surface area contributed by atoms with E-state index in [1.54, 1.807) is 29.1 Å². The van der Waals surface area contributed by atoms with E-state index in [0.29, 0.717) is 5.02 Å². The van der Waals surface area contributed by atoms with Gasteiger partial charge in [0.05, 0.1) is 17.6 Å². The highest BCUT2D eigenvalue weighted by Crippen LogP contribution is 2.25. The van der Waals surface area contributed by atoms with E-state index >= 15 is 0 Å². The quantitative estimate of drug-likeness (QED) is 0.333. The van der Waals surface area contributed by atoms with Crippen LogP contribution in [0.2, 0.25) is 5.02 Å². The van der Waals surface area contributed by atoms with Crippen molar-refractivity contribution in [2.75, 3.05) is 0 Å². The fourth-order valence-corrected chi connectivity index (χ4v) is 3.20. The normalized spacial score (nSPS) is 11.1. The van der Waals surface area contributed by atoms with Gasteiger partial charge in [-0.05, 0) is 49.7 Å². The molecule has 4 aromatic rings. The third-order valence-corrected chi connectivity index (χ3v) is 5.07. The van der Waals surface area contributed by atoms with Gasteiger partial charge in [-0.3, -0.25) is 4.79 Å². The first-order valence-electron chi connectivity index (χ1n) is 9.83. The van der Waals surface area contributed by atoms with Gasteiger partial charge in [0.25, 0.3) is 5.91 Å². The molecule has 0 atom stereocenters. The summed E-state index contributed by atoms with van der Waals surface area (Å²) in [5, 5.41) is 9.24. The van der Waals surface area contributed by atoms with Gasteiger partial charge in [-0.15, -0.1) is 0 Å². The number of carbonyl (C=O) groups is 1. The molecule has 0 bridgehead atoms. The lowest BCUT2D eigenvalue weighted by Gasteiger charge is -2.08. The van der Waals surface area contributed by atoms with Crippen LogP contribution in [0.4, 0.5) is 0 Å². The minimum atomic E-state index is -0.385. The minimum absolute atomic E-state index is 0.282. The molecule has 0 aliphatic carbocycles. The average molecular weight is 429 g/mol. The topological polar surface area (TPSA) is 59.3 Å². The summed E-state index contributed by atoms with van der Waals surface area (Å²) in [6.07, 6.45) is 1.56. The number of hydrazone groups is 1. The van der Waals surface area contributed by atoms with Crippen LogP contribution in [0.15, 0.2) is 84.0 Å². The molecular weight excluding hydrogens is 408 g/mol. The second-order valence-electron chi connectivity index (χ2n) is 7.28. The van der Waals surface area contributed by atoms with Crippen LogP contribution in [-0.2, 0) is 0 Å². The van der Waals surface area contributed by atoms with Crippen LogP contribution in [0.1, 0.15) is 27.2 Å². The van der Waals surface area contributed by atoms with Crippen molar-refractivity contribution in [2.45, 2.75) is 13.8 Å². The number of aryl methyl sites for hydroxylation is 2. The molecular formula is C25H21ClN4O. The van der Waals surface area contributed by atoms with Crippen molar-refractivity contribution in [3.63, 3.8) is 0 Å². The van der Waals surface area contributed by atoms with Gasteiger partial charge in [0.1, 0.15) is 0 Å². The van der Waals surface area contributed by atoms with Crippen molar-refractivity contribution < 1.29 is 4.79 Å². The summed E-state index contributed by atoms with van der Waals surface area (Å²) < 4.78 is 1.78. The summed E-state index contributed by atoms with van der Waals surface area (Å²) >= 11 is 5.89. The molecule has 154 valence electrons. The Morgan fingerprint density at radius 2 is 1.55 bits per heavy atom. The zero-order valence-corrected chi connectivity index (χ0v) is 18.0. The predicted octanol–water partition coefficient (Wildman–Crippen LogP) is 5.57. The molecule has 4 rings (SSSR count). The minimum Gasteiger partial charge on any atom is -0.265 e. The van der Waals surface area contributed by atoms with Gasteiger partial charge in [0.2, 0.25) is 0 Å². The molecule has 0 fully saturated rings. The number of carbonyl (C=O) groups excluding carboxylic acids is 1. The summed E-state index contributed by atoms with van der Waals surface area (Å²) in [6.45, 7) is 4.07. The van der Waals surface area contributed by atoms with E-state index in [9.17, 15) is 4.79 Å². The molecule has 31 heavy (non-hydrogen) atoms. The van der Waals surface area contributed by atoms with E-state index in [0.717, 1.165) is 28.1 Å². The highest BCUT2D eigenvalue weighted by atomic mass is 35.5. The van der Waals surface area contributed by atoms with Crippen molar-refractivity contribution in [3.05, 3.63) is 106 Å². The van der Waals surface area contributed by atoms with Crippen LogP contribution in [0.3, 0.4) is 0 Å². The van der Waals surface area contributed by atoms with E-state index in [4.69, 9.17) is 11.6 Å². The van der Waals surface area contributed by atoms with Gasteiger partial charge in [0, 0.05) is 10.6 Å². The lowest BCUT2D eigenvalue weighted by Crippen LogP contribution is -2.18. The zero-order chi connectivity index (χ0) is 21.8. The van der Waals surface area contributed by atoms with Crippen LogP contribution in [0.5, 0.6) is 0 Å². The Hall–Kier alpha value is -3.70. The van der Waals surface area contributed by atoms with Crippen molar-refractivity contribution in [2.24, 2.45) is 5.10 Å². The van der Waals surface area contributed by atoms with Gasteiger partial charge in [-0.2, -0.15) is 10.2 Å². The van der Waals surface area contributed by atoms with E-state index in [1.807, 2.05) is 74.5 Å². The van der Waals surface area contributed by atoms with Crippen molar-refractivity contribution in [1.29, 1.82) is 0 Å². The Morgan fingerprint density at radius 3 is 2.19 bits per heavy atom. The second kappa shape index (κ2) is 8.98. The largest absolute Gasteiger partial charge is 0.291 e. The van der Waals surface area contributed by atoms with Crippen LogP contribution in [0, 0.1) is 13.8 Å².